The fourth-order valence-corrected chi connectivity index (χ4v) is 11.5. The minimum absolute atomic E-state index is 0.221. The van der Waals surface area contributed by atoms with E-state index in [0.717, 1.165) is 82.8 Å². The Kier molecular flexibility index (Phi) is 12.3. The molecule has 6 nitrogen and oxygen atoms in total. The third kappa shape index (κ3) is 8.98. The summed E-state index contributed by atoms with van der Waals surface area (Å²) in [6, 6.07) is 27.4. The van der Waals surface area contributed by atoms with Crippen LogP contribution >= 0.6 is 16.5 Å². The molecule has 67 heavy (non-hydrogen) atoms. The maximum atomic E-state index is 7.18. The van der Waals surface area contributed by atoms with Crippen molar-refractivity contribution in [3.05, 3.63) is 140 Å². The number of hydrogen-bond acceptors (Lipinski definition) is 6. The van der Waals surface area contributed by atoms with Crippen molar-refractivity contribution in [2.45, 2.75) is 153 Å². The first-order valence-electron chi connectivity index (χ1n) is 23.6. The second-order valence-corrected chi connectivity index (χ2v) is 24.9. The molecule has 0 aliphatic carbocycles. The van der Waals surface area contributed by atoms with Crippen molar-refractivity contribution < 1.29 is 25.8 Å². The molecular weight excluding hydrogens is 867 g/mol. The summed E-state index contributed by atoms with van der Waals surface area (Å²) in [6.07, 6.45) is 0. The highest BCUT2D eigenvalue weighted by Gasteiger charge is 2.30. The smallest absolute Gasteiger partial charge is 0.390 e. The number of para-hydroxylation sites is 2. The van der Waals surface area contributed by atoms with Crippen LogP contribution in [0, 0.1) is 48.5 Å². The van der Waals surface area contributed by atoms with Gasteiger partial charge in [-0.15, -0.1) is 0 Å². The summed E-state index contributed by atoms with van der Waals surface area (Å²) < 4.78 is 42.8. The summed E-state index contributed by atoms with van der Waals surface area (Å²) in [7, 11) is -4.07. The Bertz CT molecular complexity index is 3270. The molecule has 8 heteroatoms. The van der Waals surface area contributed by atoms with Crippen LogP contribution in [0.4, 0.5) is 0 Å². The van der Waals surface area contributed by atoms with E-state index < -0.39 is 16.5 Å². The number of rotatable bonds is 5. The predicted molar refractivity (Wildman–Crippen MR) is 285 cm³/mol. The molecule has 0 amide bonds. The van der Waals surface area contributed by atoms with E-state index in [0.29, 0.717) is 11.5 Å². The van der Waals surface area contributed by atoms with Gasteiger partial charge in [-0.2, -0.15) is 0 Å². The van der Waals surface area contributed by atoms with Crippen LogP contribution in [0.3, 0.4) is 0 Å². The second-order valence-electron chi connectivity index (χ2n) is 22.9. The van der Waals surface area contributed by atoms with E-state index in [2.05, 4.69) is 174 Å². The molecule has 8 aromatic rings. The minimum atomic E-state index is -2.04. The van der Waals surface area contributed by atoms with Gasteiger partial charge < -0.3 is 25.8 Å². The van der Waals surface area contributed by atoms with Crippen LogP contribution in [0.1, 0.15) is 144 Å². The van der Waals surface area contributed by atoms with Gasteiger partial charge >= 0.3 is 16.5 Å². The third-order valence-corrected chi connectivity index (χ3v) is 15.5. The maximum Gasteiger partial charge on any atom is 0.453 e. The van der Waals surface area contributed by atoms with Gasteiger partial charge in [0.1, 0.15) is 33.8 Å². The number of aryl methyl sites for hydroxylation is 7. The van der Waals surface area contributed by atoms with Crippen molar-refractivity contribution >= 4 is 60.4 Å². The molecule has 0 spiro atoms. The van der Waals surface area contributed by atoms with Gasteiger partial charge in [-0.3, -0.25) is 0 Å². The normalized spacial score (nSPS) is 13.0. The predicted octanol–water partition coefficient (Wildman–Crippen LogP) is 19.6. The van der Waals surface area contributed by atoms with Crippen molar-refractivity contribution in [2.24, 2.45) is 0 Å². The molecule has 0 aliphatic rings. The maximum absolute atomic E-state index is 7.18. The summed E-state index contributed by atoms with van der Waals surface area (Å²) in [4.78, 5) is 0. The highest BCUT2D eigenvalue weighted by molar-refractivity contribution is 7.32. The SMILES string of the molecule is Cc1cc(C(C)(C)C)c2op(Oc3ccccc3-c3ccccc3Op3oc4c(C(C)(C)C)cc(C)c(C)c4c4c(C)c(C)cc(C(C)(C)C)c4o3)oc3c(C(C)(C)C)cc(C)c(C)c3c2c1. The number of fused-ring (bicyclic) bond motifs is 6. The van der Waals surface area contributed by atoms with E-state index in [1.54, 1.807) is 0 Å². The van der Waals surface area contributed by atoms with E-state index in [1.807, 2.05) is 36.4 Å². The molecule has 0 saturated heterocycles. The third-order valence-electron chi connectivity index (χ3n) is 13.5. The fourth-order valence-electron chi connectivity index (χ4n) is 9.28. The lowest BCUT2D eigenvalue weighted by atomic mass is 9.81. The van der Waals surface area contributed by atoms with Crippen molar-refractivity contribution in [2.75, 3.05) is 0 Å². The topological polar surface area (TPSA) is 71.0 Å². The molecule has 0 saturated carbocycles. The zero-order chi connectivity index (χ0) is 48.9. The Balaban J connectivity index is 1.38. The zero-order valence-electron chi connectivity index (χ0n) is 43.3. The Hall–Kier alpha value is -5.28. The molecular formula is C59H70O6P2. The van der Waals surface area contributed by atoms with E-state index >= 15 is 0 Å². The van der Waals surface area contributed by atoms with Gasteiger partial charge in [0, 0.05) is 54.9 Å². The molecule has 0 bridgehead atoms. The minimum Gasteiger partial charge on any atom is -0.390 e. The molecule has 352 valence electrons. The molecule has 0 radical (unpaired) electrons. The summed E-state index contributed by atoms with van der Waals surface area (Å²) in [5.74, 6) is 1.21. The standard InChI is InChI=1S/C59H70O6P2/c1-33-28-42-49-37(5)34(2)30-44(57(11,12)13)53(49)63-66(62-52(42)43(29-33)56(8,9)10)60-47-26-22-20-24-40(47)41-25-21-23-27-48(41)61-67-64-54-45(58(14,15)16)31-35(3)38(6)50(54)51-39(7)36(4)32-46(55(51)65-67)59(17,18)19/h20-32H,1-19H3. The van der Waals surface area contributed by atoms with Crippen LogP contribution in [0.2, 0.25) is 0 Å². The van der Waals surface area contributed by atoms with E-state index in [4.69, 9.17) is 25.8 Å². The van der Waals surface area contributed by atoms with Crippen molar-refractivity contribution in [3.8, 4) is 22.6 Å². The number of hydrogen-bond donors (Lipinski definition) is 0. The van der Waals surface area contributed by atoms with Gasteiger partial charge in [0.25, 0.3) is 0 Å². The summed E-state index contributed by atoms with van der Waals surface area (Å²) in [5, 5.41) is 4.24. The summed E-state index contributed by atoms with van der Waals surface area (Å²) in [6.45, 7) is 42.2. The van der Waals surface area contributed by atoms with Crippen LogP contribution in [-0.2, 0) is 21.7 Å². The zero-order valence-corrected chi connectivity index (χ0v) is 45.1. The first kappa shape index (κ1) is 48.2. The lowest BCUT2D eigenvalue weighted by Gasteiger charge is -2.23. The van der Waals surface area contributed by atoms with Crippen LogP contribution in [-0.4, -0.2) is 0 Å². The number of benzene rings is 6. The van der Waals surface area contributed by atoms with Crippen molar-refractivity contribution in [1.82, 2.24) is 0 Å². The van der Waals surface area contributed by atoms with E-state index in [9.17, 15) is 0 Å². The summed E-state index contributed by atoms with van der Waals surface area (Å²) >= 11 is 0. The van der Waals surface area contributed by atoms with Crippen LogP contribution in [0.5, 0.6) is 11.5 Å². The van der Waals surface area contributed by atoms with Gasteiger partial charge in [-0.05, 0) is 127 Å². The first-order chi connectivity index (χ1) is 31.1. The van der Waals surface area contributed by atoms with Crippen molar-refractivity contribution in [1.29, 1.82) is 0 Å². The highest BCUT2D eigenvalue weighted by Crippen LogP contribution is 2.50. The lowest BCUT2D eigenvalue weighted by molar-refractivity contribution is 0.485. The average Bonchev–Trinajstić information content (AvgIpc) is 3.48. The Morgan fingerprint density at radius 3 is 1.06 bits per heavy atom. The lowest BCUT2D eigenvalue weighted by Crippen LogP contribution is -2.13. The molecule has 6 aromatic carbocycles. The fraction of sp³-hybridized carbons (Fsp3) is 0.390. The van der Waals surface area contributed by atoms with Gasteiger partial charge in [0.2, 0.25) is 0 Å². The van der Waals surface area contributed by atoms with Crippen molar-refractivity contribution in [3.63, 3.8) is 0 Å². The largest absolute Gasteiger partial charge is 0.453 e. The first-order valence-corrected chi connectivity index (χ1v) is 25.8. The molecule has 2 aromatic heterocycles. The van der Waals surface area contributed by atoms with Gasteiger partial charge in [0.05, 0.1) is 0 Å². The monoisotopic (exact) mass is 936 g/mol. The molecule has 0 fully saturated rings. The summed E-state index contributed by atoms with van der Waals surface area (Å²) in [5.41, 5.74) is 16.7. The van der Waals surface area contributed by atoms with Gasteiger partial charge in [0.15, 0.2) is 0 Å². The quantitative estimate of drug-likeness (QED) is 0.171. The van der Waals surface area contributed by atoms with Crippen LogP contribution in [0.15, 0.2) is 95.6 Å². The average molecular weight is 937 g/mol. The molecule has 1 atom stereocenters. The Labute approximate surface area is 400 Å². The van der Waals surface area contributed by atoms with Crippen LogP contribution in [0.25, 0.3) is 55.0 Å². The second kappa shape index (κ2) is 17.0. The van der Waals surface area contributed by atoms with E-state index in [-0.39, 0.29) is 21.7 Å². The molecule has 8 rings (SSSR count). The molecule has 2 heterocycles. The molecule has 0 aliphatic heterocycles. The molecule has 1 unspecified atom stereocenters. The Morgan fingerprint density at radius 1 is 0.373 bits per heavy atom. The van der Waals surface area contributed by atoms with Gasteiger partial charge in [-0.25, -0.2) is 0 Å². The van der Waals surface area contributed by atoms with E-state index in [1.165, 1.54) is 33.4 Å². The molecule has 0 N–H and O–H groups in total. The van der Waals surface area contributed by atoms with Crippen LogP contribution < -0.4 is 9.05 Å². The Morgan fingerprint density at radius 2 is 0.687 bits per heavy atom. The van der Waals surface area contributed by atoms with Gasteiger partial charge in [-0.1, -0.05) is 144 Å². The highest BCUT2D eigenvalue weighted by atomic mass is 31.1.